The molecular weight excluding hydrogens is 174 g/mol. The van der Waals surface area contributed by atoms with Crippen molar-refractivity contribution in [2.45, 2.75) is 13.0 Å². The van der Waals surface area contributed by atoms with E-state index in [2.05, 4.69) is 9.97 Å². The van der Waals surface area contributed by atoms with Gasteiger partial charge in [-0.15, -0.1) is 0 Å². The van der Waals surface area contributed by atoms with Crippen molar-refractivity contribution in [2.75, 3.05) is 0 Å². The summed E-state index contributed by atoms with van der Waals surface area (Å²) in [4.78, 5) is 27.7. The van der Waals surface area contributed by atoms with Crippen LogP contribution >= 0.6 is 0 Å². The number of rotatable bonds is 2. The highest BCUT2D eigenvalue weighted by Gasteiger charge is 2.17. The number of aromatic nitrogens is 2. The first-order valence-electron chi connectivity index (χ1n) is 3.56. The molecule has 1 aromatic rings. The van der Waals surface area contributed by atoms with Gasteiger partial charge < -0.3 is 15.8 Å². The quantitative estimate of drug-likeness (QED) is 0.554. The molecule has 0 aliphatic rings. The van der Waals surface area contributed by atoms with Gasteiger partial charge in [0.1, 0.15) is 11.9 Å². The minimum Gasteiger partial charge on any atom is -0.480 e. The SMILES string of the molecule is Cc1ncc([C@H](N)C(=O)O)c(=O)[nH]1. The molecule has 0 saturated carbocycles. The lowest BCUT2D eigenvalue weighted by molar-refractivity contribution is -0.138. The van der Waals surface area contributed by atoms with Crippen molar-refractivity contribution >= 4 is 5.97 Å². The highest BCUT2D eigenvalue weighted by molar-refractivity contribution is 5.74. The third kappa shape index (κ3) is 1.91. The summed E-state index contributed by atoms with van der Waals surface area (Å²) < 4.78 is 0. The lowest BCUT2D eigenvalue weighted by Gasteiger charge is -2.04. The summed E-state index contributed by atoms with van der Waals surface area (Å²) in [6.45, 7) is 1.59. The van der Waals surface area contributed by atoms with Gasteiger partial charge >= 0.3 is 5.97 Å². The van der Waals surface area contributed by atoms with Crippen molar-refractivity contribution in [3.05, 3.63) is 27.9 Å². The van der Waals surface area contributed by atoms with Gasteiger partial charge in [0, 0.05) is 6.20 Å². The monoisotopic (exact) mass is 183 g/mol. The maximum Gasteiger partial charge on any atom is 0.325 e. The molecule has 0 aliphatic heterocycles. The van der Waals surface area contributed by atoms with Crippen molar-refractivity contribution in [2.24, 2.45) is 5.73 Å². The topological polar surface area (TPSA) is 109 Å². The first-order valence-corrected chi connectivity index (χ1v) is 3.56. The standard InChI is InChI=1S/C7H9N3O3/c1-3-9-2-4(6(11)10-3)5(8)7(12)13/h2,5H,8H2,1H3,(H,12,13)(H,9,10,11)/t5-/m0/s1. The Kier molecular flexibility index (Phi) is 2.43. The average Bonchev–Trinajstić information content (AvgIpc) is 2.03. The van der Waals surface area contributed by atoms with Gasteiger partial charge in [0.05, 0.1) is 5.56 Å². The summed E-state index contributed by atoms with van der Waals surface area (Å²) in [5.74, 6) is -0.831. The third-order valence-electron chi connectivity index (χ3n) is 1.56. The number of nitrogens with two attached hydrogens (primary N) is 1. The number of carboxylic acids is 1. The molecule has 70 valence electrons. The Morgan fingerprint density at radius 1 is 1.77 bits per heavy atom. The lowest BCUT2D eigenvalue weighted by atomic mass is 10.2. The van der Waals surface area contributed by atoms with Gasteiger partial charge in [-0.3, -0.25) is 9.59 Å². The molecule has 6 heteroatoms. The predicted molar refractivity (Wildman–Crippen MR) is 44.2 cm³/mol. The van der Waals surface area contributed by atoms with Crippen LogP contribution in [0.4, 0.5) is 0 Å². The summed E-state index contributed by atoms with van der Waals surface area (Å²) in [5, 5.41) is 8.52. The van der Waals surface area contributed by atoms with E-state index in [1.807, 2.05) is 0 Å². The van der Waals surface area contributed by atoms with Gasteiger partial charge in [-0.05, 0) is 6.92 Å². The van der Waals surface area contributed by atoms with Crippen molar-refractivity contribution < 1.29 is 9.90 Å². The second-order valence-corrected chi connectivity index (χ2v) is 2.57. The van der Waals surface area contributed by atoms with E-state index in [0.29, 0.717) is 5.82 Å². The molecule has 0 bridgehead atoms. The Morgan fingerprint density at radius 2 is 2.38 bits per heavy atom. The van der Waals surface area contributed by atoms with Crippen LogP contribution < -0.4 is 11.3 Å². The van der Waals surface area contributed by atoms with Crippen molar-refractivity contribution in [3.63, 3.8) is 0 Å². The van der Waals surface area contributed by atoms with E-state index >= 15 is 0 Å². The smallest absolute Gasteiger partial charge is 0.325 e. The van der Waals surface area contributed by atoms with E-state index in [-0.39, 0.29) is 5.56 Å². The summed E-state index contributed by atoms with van der Waals surface area (Å²) in [7, 11) is 0. The zero-order chi connectivity index (χ0) is 10.0. The number of nitrogens with zero attached hydrogens (tertiary/aromatic N) is 1. The van der Waals surface area contributed by atoms with E-state index in [1.165, 1.54) is 6.20 Å². The van der Waals surface area contributed by atoms with Gasteiger partial charge in [0.15, 0.2) is 0 Å². The van der Waals surface area contributed by atoms with Crippen molar-refractivity contribution in [1.29, 1.82) is 0 Å². The third-order valence-corrected chi connectivity index (χ3v) is 1.56. The minimum atomic E-state index is -1.32. The van der Waals surface area contributed by atoms with E-state index in [0.717, 1.165) is 0 Å². The van der Waals surface area contributed by atoms with Crippen LogP contribution in [0.3, 0.4) is 0 Å². The number of carbonyl (C=O) groups is 1. The molecule has 0 spiro atoms. The van der Waals surface area contributed by atoms with Crippen LogP contribution in [0.15, 0.2) is 11.0 Å². The van der Waals surface area contributed by atoms with Gasteiger partial charge in [0.25, 0.3) is 5.56 Å². The number of aromatic amines is 1. The van der Waals surface area contributed by atoms with Crippen LogP contribution in [0.1, 0.15) is 17.4 Å². The second kappa shape index (κ2) is 3.36. The molecule has 1 heterocycles. The molecule has 0 aliphatic carbocycles. The molecule has 1 atom stereocenters. The van der Waals surface area contributed by atoms with Crippen LogP contribution in [0.2, 0.25) is 0 Å². The Bertz CT molecular complexity index is 385. The zero-order valence-electron chi connectivity index (χ0n) is 6.94. The summed E-state index contributed by atoms with van der Waals surface area (Å²) in [6, 6.07) is -1.32. The fraction of sp³-hybridized carbons (Fsp3) is 0.286. The number of hydrogen-bond donors (Lipinski definition) is 3. The molecule has 0 fully saturated rings. The molecule has 1 rings (SSSR count). The molecule has 1 aromatic heterocycles. The highest BCUT2D eigenvalue weighted by atomic mass is 16.4. The fourth-order valence-corrected chi connectivity index (χ4v) is 0.848. The summed E-state index contributed by atoms with van der Waals surface area (Å²) in [6.07, 6.45) is 1.17. The molecule has 0 aromatic carbocycles. The number of hydrogen-bond acceptors (Lipinski definition) is 4. The van der Waals surface area contributed by atoms with Crippen LogP contribution in [0.5, 0.6) is 0 Å². The van der Waals surface area contributed by atoms with Crippen LogP contribution in [-0.2, 0) is 4.79 Å². The van der Waals surface area contributed by atoms with Crippen LogP contribution in [0.25, 0.3) is 0 Å². The number of carboxylic acid groups (broad SMARTS) is 1. The van der Waals surface area contributed by atoms with E-state index in [4.69, 9.17) is 10.8 Å². The number of H-pyrrole nitrogens is 1. The largest absolute Gasteiger partial charge is 0.480 e. The van der Waals surface area contributed by atoms with E-state index in [9.17, 15) is 9.59 Å². The van der Waals surface area contributed by atoms with E-state index in [1.54, 1.807) is 6.92 Å². The first kappa shape index (κ1) is 9.40. The van der Waals surface area contributed by atoms with Crippen LogP contribution in [0, 0.1) is 6.92 Å². The lowest BCUT2D eigenvalue weighted by Crippen LogP contribution is -2.28. The van der Waals surface area contributed by atoms with Gasteiger partial charge in [0.2, 0.25) is 0 Å². The Balaban J connectivity index is 3.16. The molecule has 4 N–H and O–H groups in total. The number of aliphatic carboxylic acids is 1. The van der Waals surface area contributed by atoms with Gasteiger partial charge in [-0.1, -0.05) is 0 Å². The second-order valence-electron chi connectivity index (χ2n) is 2.57. The Morgan fingerprint density at radius 3 is 2.85 bits per heavy atom. The zero-order valence-corrected chi connectivity index (χ0v) is 6.94. The van der Waals surface area contributed by atoms with E-state index < -0.39 is 17.6 Å². The molecule has 6 nitrogen and oxygen atoms in total. The first-order chi connectivity index (χ1) is 6.02. The molecule has 13 heavy (non-hydrogen) atoms. The highest BCUT2D eigenvalue weighted by Crippen LogP contribution is 2.01. The number of nitrogens with one attached hydrogen (secondary N) is 1. The Hall–Kier alpha value is -1.69. The maximum atomic E-state index is 11.1. The van der Waals surface area contributed by atoms with Gasteiger partial charge in [-0.2, -0.15) is 0 Å². The minimum absolute atomic E-state index is 0.0434. The van der Waals surface area contributed by atoms with Crippen molar-refractivity contribution in [1.82, 2.24) is 9.97 Å². The molecule has 0 saturated heterocycles. The fourth-order valence-electron chi connectivity index (χ4n) is 0.848. The normalized spacial score (nSPS) is 12.5. The van der Waals surface area contributed by atoms with Gasteiger partial charge in [-0.25, -0.2) is 4.98 Å². The predicted octanol–water partition coefficient (Wildman–Crippen LogP) is -0.837. The molecule has 0 amide bonds. The van der Waals surface area contributed by atoms with Crippen LogP contribution in [-0.4, -0.2) is 21.0 Å². The molecule has 0 radical (unpaired) electrons. The summed E-state index contributed by atoms with van der Waals surface area (Å²) in [5.41, 5.74) is 4.67. The average molecular weight is 183 g/mol. The molecule has 0 unspecified atom stereocenters. The maximum absolute atomic E-state index is 11.1. The van der Waals surface area contributed by atoms with Crippen molar-refractivity contribution in [3.8, 4) is 0 Å². The molecular formula is C7H9N3O3. The summed E-state index contributed by atoms with van der Waals surface area (Å²) >= 11 is 0. The number of aryl methyl sites for hydroxylation is 1. The Labute approximate surface area is 73.4 Å².